The molecule has 0 aliphatic rings. The van der Waals surface area contributed by atoms with E-state index < -0.39 is 0 Å². The second-order valence-corrected chi connectivity index (χ2v) is 5.24. The summed E-state index contributed by atoms with van der Waals surface area (Å²) in [6.45, 7) is 2.30. The highest BCUT2D eigenvalue weighted by molar-refractivity contribution is 7.98. The monoisotopic (exact) mass is 299 g/mol. The minimum absolute atomic E-state index is 0.347. The van der Waals surface area contributed by atoms with E-state index in [1.165, 1.54) is 0 Å². The van der Waals surface area contributed by atoms with Gasteiger partial charge in [-0.3, -0.25) is 0 Å². The van der Waals surface area contributed by atoms with Crippen molar-refractivity contribution in [2.75, 3.05) is 13.7 Å². The molecule has 2 aromatic rings. The van der Waals surface area contributed by atoms with E-state index >= 15 is 0 Å². The third-order valence-corrected chi connectivity index (χ3v) is 3.68. The van der Waals surface area contributed by atoms with Crippen LogP contribution in [0.5, 0.6) is 5.75 Å². The van der Waals surface area contributed by atoms with Crippen molar-refractivity contribution in [1.29, 1.82) is 0 Å². The average molecular weight is 299 g/mol. The predicted molar refractivity (Wildman–Crippen MR) is 85.3 cm³/mol. The summed E-state index contributed by atoms with van der Waals surface area (Å²) in [5, 5.41) is 0.760. The van der Waals surface area contributed by atoms with Crippen LogP contribution in [0.1, 0.15) is 16.8 Å². The summed E-state index contributed by atoms with van der Waals surface area (Å²) in [6.07, 6.45) is 1.77. The maximum absolute atomic E-state index is 5.44. The first-order valence-corrected chi connectivity index (χ1v) is 7.50. The number of ether oxygens (including phenoxy) is 1. The van der Waals surface area contributed by atoms with E-state index in [0.29, 0.717) is 6.54 Å². The third-order valence-electron chi connectivity index (χ3n) is 2.77. The lowest BCUT2D eigenvalue weighted by molar-refractivity contribution is 0.414. The molecule has 0 radical (unpaired) electrons. The molecule has 0 unspecified atom stereocenters. The van der Waals surface area contributed by atoms with Gasteiger partial charge in [0.25, 0.3) is 0 Å². The molecule has 4 nitrogen and oxygen atoms in total. The normalized spacial score (nSPS) is 9.86. The molecule has 1 heterocycles. The molecule has 0 amide bonds. The van der Waals surface area contributed by atoms with E-state index in [2.05, 4.69) is 21.8 Å². The lowest BCUT2D eigenvalue weighted by atomic mass is 10.1. The summed E-state index contributed by atoms with van der Waals surface area (Å²) in [4.78, 5) is 8.64. The summed E-state index contributed by atoms with van der Waals surface area (Å²) < 4.78 is 5.27. The Labute approximate surface area is 129 Å². The summed E-state index contributed by atoms with van der Waals surface area (Å²) in [5.41, 5.74) is 8.45. The maximum Gasteiger partial charge on any atom is 0.188 e. The highest BCUT2D eigenvalue weighted by Gasteiger charge is 2.05. The zero-order valence-electron chi connectivity index (χ0n) is 12.1. The van der Waals surface area contributed by atoms with Crippen LogP contribution in [0.25, 0.3) is 0 Å². The quantitative estimate of drug-likeness (QED) is 0.533. The summed E-state index contributed by atoms with van der Waals surface area (Å²) in [7, 11) is 1.65. The van der Waals surface area contributed by atoms with Crippen LogP contribution < -0.4 is 10.5 Å². The molecule has 0 fully saturated rings. The smallest absolute Gasteiger partial charge is 0.188 e. The molecule has 0 spiro atoms. The van der Waals surface area contributed by atoms with Gasteiger partial charge in [-0.25, -0.2) is 9.97 Å². The molecule has 0 saturated carbocycles. The number of hydrogen-bond acceptors (Lipinski definition) is 5. The molecular formula is C16H17N3OS. The average Bonchev–Trinajstić information content (AvgIpc) is 2.51. The van der Waals surface area contributed by atoms with Crippen molar-refractivity contribution in [1.82, 2.24) is 9.97 Å². The number of benzene rings is 1. The lowest BCUT2D eigenvalue weighted by Crippen LogP contribution is -1.95. The van der Waals surface area contributed by atoms with Crippen molar-refractivity contribution in [2.45, 2.75) is 17.8 Å². The second-order valence-electron chi connectivity index (χ2n) is 4.30. The largest absolute Gasteiger partial charge is 0.497 e. The van der Waals surface area contributed by atoms with Crippen LogP contribution in [-0.2, 0) is 5.75 Å². The van der Waals surface area contributed by atoms with Gasteiger partial charge in [0.15, 0.2) is 5.16 Å². The summed E-state index contributed by atoms with van der Waals surface area (Å²) >= 11 is 1.58. The van der Waals surface area contributed by atoms with Gasteiger partial charge >= 0.3 is 0 Å². The lowest BCUT2D eigenvalue weighted by Gasteiger charge is -2.07. The fourth-order valence-corrected chi connectivity index (χ4v) is 2.59. The predicted octanol–water partition coefficient (Wildman–Crippen LogP) is 2.40. The molecule has 0 saturated heterocycles. The van der Waals surface area contributed by atoms with Gasteiger partial charge < -0.3 is 10.5 Å². The first kappa shape index (κ1) is 15.4. The number of aryl methyl sites for hydroxylation is 1. The van der Waals surface area contributed by atoms with Gasteiger partial charge in [-0.05, 0) is 36.8 Å². The fraction of sp³-hybridized carbons (Fsp3) is 0.250. The van der Waals surface area contributed by atoms with Crippen molar-refractivity contribution in [3.05, 3.63) is 47.3 Å². The maximum atomic E-state index is 5.44. The molecule has 2 N–H and O–H groups in total. The summed E-state index contributed by atoms with van der Waals surface area (Å²) in [6, 6.07) is 7.73. The van der Waals surface area contributed by atoms with Crippen molar-refractivity contribution in [2.24, 2.45) is 5.73 Å². The standard InChI is InChI=1S/C16H17N3OS/c1-12-7-9-18-16(19-12)21-11-14-10-15(20-2)6-5-13(14)4-3-8-17/h5-7,9-10H,8,11,17H2,1-2H3. The van der Waals surface area contributed by atoms with Crippen LogP contribution in [0.2, 0.25) is 0 Å². The van der Waals surface area contributed by atoms with Crippen molar-refractivity contribution in [3.63, 3.8) is 0 Å². The number of hydrogen-bond donors (Lipinski definition) is 1. The van der Waals surface area contributed by atoms with Crippen LogP contribution in [0.4, 0.5) is 0 Å². The SMILES string of the molecule is COc1ccc(C#CCN)c(CSc2nccc(C)n2)c1. The number of aromatic nitrogens is 2. The summed E-state index contributed by atoms with van der Waals surface area (Å²) in [5.74, 6) is 7.52. The molecule has 1 aromatic carbocycles. The molecule has 0 atom stereocenters. The van der Waals surface area contributed by atoms with Gasteiger partial charge in [0, 0.05) is 23.2 Å². The molecule has 0 bridgehead atoms. The second kappa shape index (κ2) is 7.67. The van der Waals surface area contributed by atoms with Crippen LogP contribution >= 0.6 is 11.8 Å². The van der Waals surface area contributed by atoms with Gasteiger partial charge in [-0.15, -0.1) is 0 Å². The zero-order valence-corrected chi connectivity index (χ0v) is 12.9. The number of methoxy groups -OCH3 is 1. The van der Waals surface area contributed by atoms with Gasteiger partial charge in [-0.2, -0.15) is 0 Å². The van der Waals surface area contributed by atoms with Crippen molar-refractivity contribution < 1.29 is 4.74 Å². The first-order valence-electron chi connectivity index (χ1n) is 6.51. The topological polar surface area (TPSA) is 61.0 Å². The Morgan fingerprint density at radius 3 is 2.90 bits per heavy atom. The van der Waals surface area contributed by atoms with Crippen molar-refractivity contribution in [3.8, 4) is 17.6 Å². The molecule has 5 heteroatoms. The minimum Gasteiger partial charge on any atom is -0.497 e. The van der Waals surface area contributed by atoms with Crippen LogP contribution in [-0.4, -0.2) is 23.6 Å². The van der Waals surface area contributed by atoms with E-state index in [1.807, 2.05) is 31.2 Å². The molecule has 1 aromatic heterocycles. The first-order chi connectivity index (χ1) is 10.2. The van der Waals surface area contributed by atoms with Crippen molar-refractivity contribution >= 4 is 11.8 Å². The van der Waals surface area contributed by atoms with Gasteiger partial charge in [0.05, 0.1) is 13.7 Å². The molecule has 0 aliphatic heterocycles. The molecular weight excluding hydrogens is 282 g/mol. The number of nitrogens with two attached hydrogens (primary N) is 1. The van der Waals surface area contributed by atoms with E-state index in [9.17, 15) is 0 Å². The Bertz CT molecular complexity index is 677. The van der Waals surface area contributed by atoms with Gasteiger partial charge in [0.1, 0.15) is 5.75 Å². The Kier molecular flexibility index (Phi) is 5.61. The number of nitrogens with zero attached hydrogens (tertiary/aromatic N) is 2. The third kappa shape index (κ3) is 4.48. The van der Waals surface area contributed by atoms with E-state index in [4.69, 9.17) is 10.5 Å². The molecule has 2 rings (SSSR count). The fourth-order valence-electron chi connectivity index (χ4n) is 1.72. The van der Waals surface area contributed by atoms with Gasteiger partial charge in [0.2, 0.25) is 0 Å². The minimum atomic E-state index is 0.347. The van der Waals surface area contributed by atoms with Crippen LogP contribution in [0.3, 0.4) is 0 Å². The Morgan fingerprint density at radius 1 is 1.33 bits per heavy atom. The molecule has 21 heavy (non-hydrogen) atoms. The van der Waals surface area contributed by atoms with E-state index in [1.54, 1.807) is 25.1 Å². The Balaban J connectivity index is 2.20. The highest BCUT2D eigenvalue weighted by atomic mass is 32.2. The van der Waals surface area contributed by atoms with E-state index in [-0.39, 0.29) is 0 Å². The van der Waals surface area contributed by atoms with Crippen LogP contribution in [0, 0.1) is 18.8 Å². The van der Waals surface area contributed by atoms with Crippen LogP contribution in [0.15, 0.2) is 35.6 Å². The molecule has 0 aliphatic carbocycles. The zero-order chi connectivity index (χ0) is 15.1. The van der Waals surface area contributed by atoms with E-state index in [0.717, 1.165) is 33.5 Å². The Morgan fingerprint density at radius 2 is 2.19 bits per heavy atom. The van der Waals surface area contributed by atoms with Gasteiger partial charge in [-0.1, -0.05) is 23.6 Å². The highest BCUT2D eigenvalue weighted by Crippen LogP contribution is 2.24. The Hall–Kier alpha value is -2.03. The number of rotatable bonds is 4. The molecule has 108 valence electrons. The number of thioether (sulfide) groups is 1.